The Labute approximate surface area is 93.2 Å². The molecular weight excluding hydrogens is 206 g/mol. The van der Waals surface area contributed by atoms with E-state index in [0.29, 0.717) is 30.1 Å². The summed E-state index contributed by atoms with van der Waals surface area (Å²) in [7, 11) is 0. The minimum absolute atomic E-state index is 0.245. The second kappa shape index (κ2) is 4.29. The van der Waals surface area contributed by atoms with E-state index in [2.05, 4.69) is 4.98 Å². The van der Waals surface area contributed by atoms with Gasteiger partial charge in [-0.15, -0.1) is 0 Å². The van der Waals surface area contributed by atoms with Crippen molar-refractivity contribution in [1.29, 1.82) is 5.26 Å². The lowest BCUT2D eigenvalue weighted by atomic mass is 10.2. The number of amides is 1. The van der Waals surface area contributed by atoms with Crippen molar-refractivity contribution < 1.29 is 9.63 Å². The van der Waals surface area contributed by atoms with E-state index in [1.807, 2.05) is 6.07 Å². The normalized spacial score (nSPS) is 14.9. The lowest BCUT2D eigenvalue weighted by molar-refractivity contribution is -0.0771. The number of hydrogen-bond acceptors (Lipinski definition) is 4. The average molecular weight is 217 g/mol. The number of hydroxylamine groups is 2. The summed E-state index contributed by atoms with van der Waals surface area (Å²) >= 11 is 0. The first kappa shape index (κ1) is 10.6. The highest BCUT2D eigenvalue weighted by Gasteiger charge is 2.22. The lowest BCUT2D eigenvalue weighted by Gasteiger charge is -2.13. The molecule has 0 bridgehead atoms. The standard InChI is InChI=1S/C11H11N3O2/c1-8-9(7-12)3-4-10(13-8)11(15)14-5-2-6-16-14/h3-4H,2,5-6H2,1H3. The fourth-order valence-corrected chi connectivity index (χ4v) is 1.53. The number of aromatic nitrogens is 1. The molecule has 1 aromatic rings. The van der Waals surface area contributed by atoms with Crippen molar-refractivity contribution >= 4 is 5.91 Å². The van der Waals surface area contributed by atoms with E-state index >= 15 is 0 Å². The van der Waals surface area contributed by atoms with Gasteiger partial charge in [-0.25, -0.2) is 10.0 Å². The second-order valence-corrected chi connectivity index (χ2v) is 3.54. The van der Waals surface area contributed by atoms with Gasteiger partial charge in [0.1, 0.15) is 11.8 Å². The SMILES string of the molecule is Cc1nc(C(=O)N2CCCO2)ccc1C#N. The van der Waals surface area contributed by atoms with Crippen LogP contribution in [0.1, 0.15) is 28.2 Å². The first-order valence-corrected chi connectivity index (χ1v) is 5.05. The van der Waals surface area contributed by atoms with Crippen LogP contribution in [-0.2, 0) is 4.84 Å². The molecular formula is C11H11N3O2. The molecule has 1 aromatic heterocycles. The Morgan fingerprint density at radius 3 is 3.00 bits per heavy atom. The first-order valence-electron chi connectivity index (χ1n) is 5.05. The average Bonchev–Trinajstić information content (AvgIpc) is 2.81. The maximum absolute atomic E-state index is 11.9. The van der Waals surface area contributed by atoms with Crippen molar-refractivity contribution in [3.63, 3.8) is 0 Å². The number of nitrogens with zero attached hydrogens (tertiary/aromatic N) is 3. The molecule has 0 aliphatic carbocycles. The number of pyridine rings is 1. The monoisotopic (exact) mass is 217 g/mol. The fourth-order valence-electron chi connectivity index (χ4n) is 1.53. The van der Waals surface area contributed by atoms with Gasteiger partial charge in [0.2, 0.25) is 0 Å². The summed E-state index contributed by atoms with van der Waals surface area (Å²) in [5, 5.41) is 10.1. The van der Waals surface area contributed by atoms with Crippen LogP contribution in [0.5, 0.6) is 0 Å². The van der Waals surface area contributed by atoms with Crippen LogP contribution in [0, 0.1) is 18.3 Å². The van der Waals surface area contributed by atoms with E-state index in [-0.39, 0.29) is 5.91 Å². The third-order valence-electron chi connectivity index (χ3n) is 2.40. The Morgan fingerprint density at radius 2 is 2.44 bits per heavy atom. The Bertz CT molecular complexity index is 459. The predicted molar refractivity (Wildman–Crippen MR) is 55.3 cm³/mol. The van der Waals surface area contributed by atoms with Crippen LogP contribution in [-0.4, -0.2) is 29.1 Å². The zero-order chi connectivity index (χ0) is 11.5. The van der Waals surface area contributed by atoms with Gasteiger partial charge in [0.05, 0.1) is 24.4 Å². The summed E-state index contributed by atoms with van der Waals surface area (Å²) in [4.78, 5) is 21.1. The van der Waals surface area contributed by atoms with Gasteiger partial charge in [0.25, 0.3) is 5.91 Å². The van der Waals surface area contributed by atoms with E-state index in [9.17, 15) is 4.79 Å². The minimum atomic E-state index is -0.245. The van der Waals surface area contributed by atoms with Crippen LogP contribution in [0.3, 0.4) is 0 Å². The highest BCUT2D eigenvalue weighted by molar-refractivity contribution is 5.91. The topological polar surface area (TPSA) is 66.2 Å². The quantitative estimate of drug-likeness (QED) is 0.704. The molecule has 0 N–H and O–H groups in total. The molecule has 1 fully saturated rings. The highest BCUT2D eigenvalue weighted by Crippen LogP contribution is 2.11. The lowest BCUT2D eigenvalue weighted by Crippen LogP contribution is -2.27. The van der Waals surface area contributed by atoms with Crippen LogP contribution in [0.15, 0.2) is 12.1 Å². The van der Waals surface area contributed by atoms with Crippen LogP contribution in [0.4, 0.5) is 0 Å². The van der Waals surface area contributed by atoms with Gasteiger partial charge in [-0.05, 0) is 25.5 Å². The van der Waals surface area contributed by atoms with Crippen molar-refractivity contribution in [1.82, 2.24) is 10.0 Å². The highest BCUT2D eigenvalue weighted by atomic mass is 16.7. The number of carbonyl (C=O) groups is 1. The summed E-state index contributed by atoms with van der Waals surface area (Å²) in [5.41, 5.74) is 1.37. The van der Waals surface area contributed by atoms with Gasteiger partial charge in [-0.3, -0.25) is 9.63 Å². The Kier molecular flexibility index (Phi) is 2.84. The van der Waals surface area contributed by atoms with E-state index in [4.69, 9.17) is 10.1 Å². The molecule has 1 amide bonds. The molecule has 16 heavy (non-hydrogen) atoms. The van der Waals surface area contributed by atoms with Crippen LogP contribution in [0.2, 0.25) is 0 Å². The van der Waals surface area contributed by atoms with Crippen LogP contribution >= 0.6 is 0 Å². The molecule has 0 atom stereocenters. The van der Waals surface area contributed by atoms with Crippen LogP contribution in [0.25, 0.3) is 0 Å². The molecule has 5 heteroatoms. The van der Waals surface area contributed by atoms with Crippen molar-refractivity contribution in [2.75, 3.05) is 13.2 Å². The van der Waals surface area contributed by atoms with Crippen molar-refractivity contribution in [2.24, 2.45) is 0 Å². The Morgan fingerprint density at radius 1 is 1.62 bits per heavy atom. The fraction of sp³-hybridized carbons (Fsp3) is 0.364. The van der Waals surface area contributed by atoms with Crippen molar-refractivity contribution in [2.45, 2.75) is 13.3 Å². The molecule has 2 rings (SSSR count). The van der Waals surface area contributed by atoms with E-state index in [1.54, 1.807) is 19.1 Å². The van der Waals surface area contributed by atoms with Gasteiger partial charge >= 0.3 is 0 Å². The molecule has 5 nitrogen and oxygen atoms in total. The Balaban J connectivity index is 2.24. The molecule has 0 spiro atoms. The number of carbonyl (C=O) groups excluding carboxylic acids is 1. The molecule has 0 saturated carbocycles. The number of hydrogen-bond donors (Lipinski definition) is 0. The maximum atomic E-state index is 11.9. The van der Waals surface area contributed by atoms with Crippen LogP contribution < -0.4 is 0 Å². The van der Waals surface area contributed by atoms with Crippen molar-refractivity contribution in [3.05, 3.63) is 29.1 Å². The van der Waals surface area contributed by atoms with E-state index in [1.165, 1.54) is 5.06 Å². The van der Waals surface area contributed by atoms with Gasteiger partial charge in [-0.2, -0.15) is 5.26 Å². The second-order valence-electron chi connectivity index (χ2n) is 3.54. The summed E-state index contributed by atoms with van der Waals surface area (Å²) in [6.07, 6.45) is 0.848. The van der Waals surface area contributed by atoms with E-state index < -0.39 is 0 Å². The number of nitriles is 1. The molecule has 0 radical (unpaired) electrons. The van der Waals surface area contributed by atoms with Gasteiger partial charge < -0.3 is 0 Å². The molecule has 2 heterocycles. The predicted octanol–water partition coefficient (Wildman–Crippen LogP) is 1.04. The summed E-state index contributed by atoms with van der Waals surface area (Å²) < 4.78 is 0. The largest absolute Gasteiger partial charge is 0.295 e. The molecule has 82 valence electrons. The molecule has 0 aromatic carbocycles. The first-order chi connectivity index (χ1) is 7.72. The molecule has 1 aliphatic rings. The maximum Gasteiger partial charge on any atom is 0.295 e. The molecule has 0 unspecified atom stereocenters. The van der Waals surface area contributed by atoms with Gasteiger partial charge in [-0.1, -0.05) is 0 Å². The van der Waals surface area contributed by atoms with Gasteiger partial charge in [0, 0.05) is 0 Å². The third kappa shape index (κ3) is 1.88. The number of rotatable bonds is 1. The van der Waals surface area contributed by atoms with Crippen molar-refractivity contribution in [3.8, 4) is 6.07 Å². The van der Waals surface area contributed by atoms with Gasteiger partial charge in [0.15, 0.2) is 0 Å². The summed E-state index contributed by atoms with van der Waals surface area (Å²) in [6, 6.07) is 5.17. The zero-order valence-electron chi connectivity index (χ0n) is 8.93. The third-order valence-corrected chi connectivity index (χ3v) is 2.40. The zero-order valence-corrected chi connectivity index (χ0v) is 8.93. The summed E-state index contributed by atoms with van der Waals surface area (Å²) in [5.74, 6) is -0.245. The molecule has 1 aliphatic heterocycles. The number of aryl methyl sites for hydroxylation is 1. The smallest absolute Gasteiger partial charge is 0.271 e. The minimum Gasteiger partial charge on any atom is -0.271 e. The summed E-state index contributed by atoms with van der Waals surface area (Å²) in [6.45, 7) is 2.88. The molecule has 1 saturated heterocycles. The Hall–Kier alpha value is -1.93. The van der Waals surface area contributed by atoms with E-state index in [0.717, 1.165) is 6.42 Å².